The van der Waals surface area contributed by atoms with E-state index in [0.29, 0.717) is 35.3 Å². The molecule has 0 spiro atoms. The van der Waals surface area contributed by atoms with Crippen LogP contribution in [0.15, 0.2) is 64.5 Å². The highest BCUT2D eigenvalue weighted by atomic mass is 32.2. The van der Waals surface area contributed by atoms with Gasteiger partial charge < -0.3 is 20.3 Å². The van der Waals surface area contributed by atoms with Gasteiger partial charge in [0.1, 0.15) is 6.54 Å². The molecule has 0 aliphatic carbocycles. The van der Waals surface area contributed by atoms with Crippen molar-refractivity contribution >= 4 is 27.6 Å². The Bertz CT molecular complexity index is 1440. The topological polar surface area (TPSA) is 135 Å². The smallest absolute Gasteiger partial charge is 0.323 e. The quantitative estimate of drug-likeness (QED) is 0.427. The average Bonchev–Trinajstić information content (AvgIpc) is 3.22. The van der Waals surface area contributed by atoms with E-state index in [0.717, 1.165) is 0 Å². The Morgan fingerprint density at radius 3 is 2.50 bits per heavy atom. The Labute approximate surface area is 209 Å². The molecule has 1 aromatic heterocycles. The number of carboxylic acids is 1. The van der Waals surface area contributed by atoms with Crippen LogP contribution in [0.5, 0.6) is 0 Å². The Morgan fingerprint density at radius 2 is 1.86 bits per heavy atom. The largest absolute Gasteiger partial charge is 0.480 e. The third-order valence-electron chi connectivity index (χ3n) is 6.40. The fourth-order valence-corrected chi connectivity index (χ4v) is 6.19. The first-order valence-electron chi connectivity index (χ1n) is 11.5. The van der Waals surface area contributed by atoms with Gasteiger partial charge in [-0.25, -0.2) is 8.42 Å². The molecule has 0 radical (unpaired) electrons. The lowest BCUT2D eigenvalue weighted by Gasteiger charge is -2.25. The summed E-state index contributed by atoms with van der Waals surface area (Å²) >= 11 is 0. The average molecular weight is 510 g/mol. The number of hydrogen-bond donors (Lipinski definition) is 3. The van der Waals surface area contributed by atoms with Crippen molar-refractivity contribution in [2.75, 3.05) is 13.6 Å². The van der Waals surface area contributed by atoms with Gasteiger partial charge in [-0.1, -0.05) is 31.2 Å². The maximum absolute atomic E-state index is 13.6. The fourth-order valence-electron chi connectivity index (χ4n) is 4.65. The minimum absolute atomic E-state index is 0.0437. The zero-order valence-corrected chi connectivity index (χ0v) is 20.8. The van der Waals surface area contributed by atoms with Crippen LogP contribution in [0.3, 0.4) is 0 Å². The Balaban J connectivity index is 1.89. The summed E-state index contributed by atoms with van der Waals surface area (Å²) in [6, 6.07) is 12.4. The first-order valence-corrected chi connectivity index (χ1v) is 13.0. The maximum atomic E-state index is 13.6. The number of aliphatic carboxylic acids is 1. The Morgan fingerprint density at radius 1 is 1.14 bits per heavy atom. The van der Waals surface area contributed by atoms with Crippen LogP contribution in [0.1, 0.15) is 56.8 Å². The van der Waals surface area contributed by atoms with Crippen LogP contribution in [-0.4, -0.2) is 49.5 Å². The molecule has 0 saturated carbocycles. The maximum Gasteiger partial charge on any atom is 0.323 e. The Hall–Kier alpha value is -3.92. The number of hydrogen-bond acceptors (Lipinski definition) is 5. The number of nitrogens with one attached hydrogen (secondary N) is 2. The fraction of sp³-hybridized carbons (Fsp3) is 0.269. The van der Waals surface area contributed by atoms with E-state index in [1.54, 1.807) is 35.0 Å². The number of carbonyl (C=O) groups excluding carboxylic acids is 2. The highest BCUT2D eigenvalue weighted by Crippen LogP contribution is 2.34. The summed E-state index contributed by atoms with van der Waals surface area (Å²) in [5.74, 6) is -1.85. The molecule has 188 valence electrons. The predicted octanol–water partition coefficient (Wildman–Crippen LogP) is 2.59. The van der Waals surface area contributed by atoms with E-state index in [1.165, 1.54) is 31.3 Å². The van der Waals surface area contributed by atoms with E-state index in [-0.39, 0.29) is 40.1 Å². The van der Waals surface area contributed by atoms with Crippen LogP contribution < -0.4 is 10.6 Å². The summed E-state index contributed by atoms with van der Waals surface area (Å²) in [4.78, 5) is 36.8. The second kappa shape index (κ2) is 9.98. The molecule has 0 bridgehead atoms. The van der Waals surface area contributed by atoms with Crippen molar-refractivity contribution in [1.29, 1.82) is 0 Å². The van der Waals surface area contributed by atoms with E-state index in [4.69, 9.17) is 0 Å². The lowest BCUT2D eigenvalue weighted by molar-refractivity contribution is -0.137. The third-order valence-corrected chi connectivity index (χ3v) is 8.25. The van der Waals surface area contributed by atoms with E-state index < -0.39 is 21.7 Å². The summed E-state index contributed by atoms with van der Waals surface area (Å²) in [6.45, 7) is 2.06. The summed E-state index contributed by atoms with van der Waals surface area (Å²) in [6.07, 6.45) is 2.39. The van der Waals surface area contributed by atoms with Crippen LogP contribution in [0, 0.1) is 0 Å². The molecular weight excluding hydrogens is 482 g/mol. The zero-order valence-electron chi connectivity index (χ0n) is 19.9. The summed E-state index contributed by atoms with van der Waals surface area (Å²) < 4.78 is 28.8. The van der Waals surface area contributed by atoms with Gasteiger partial charge >= 0.3 is 5.97 Å². The van der Waals surface area contributed by atoms with Crippen LogP contribution in [0.2, 0.25) is 0 Å². The molecule has 0 saturated heterocycles. The van der Waals surface area contributed by atoms with Crippen LogP contribution in [0.4, 0.5) is 0 Å². The zero-order chi connectivity index (χ0) is 26.0. The molecule has 10 heteroatoms. The second-order valence-corrected chi connectivity index (χ2v) is 10.6. The van der Waals surface area contributed by atoms with Crippen molar-refractivity contribution in [1.82, 2.24) is 15.2 Å². The van der Waals surface area contributed by atoms with E-state index >= 15 is 0 Å². The number of amides is 2. The molecule has 0 fully saturated rings. The normalized spacial score (nSPS) is 15.2. The molecule has 2 amide bonds. The molecule has 2 aromatic carbocycles. The van der Waals surface area contributed by atoms with Gasteiger partial charge in [-0.3, -0.25) is 14.4 Å². The standard InChI is InChI=1S/C26H27N3O6S/c1-3-16-13-28-26(33)23-19(14-29(24(16)23)15-22(30)31)11-17-9-10-18(25(32)27-2)12-21(17)36(34,35)20-7-5-4-6-8-20/h4-10,12,14,16H,3,11,13,15H2,1-2H3,(H,27,32)(H,28,33)(H,30,31). The van der Waals surface area contributed by atoms with Gasteiger partial charge in [0.05, 0.1) is 15.4 Å². The third kappa shape index (κ3) is 4.64. The molecule has 1 unspecified atom stereocenters. The minimum Gasteiger partial charge on any atom is -0.480 e. The predicted molar refractivity (Wildman–Crippen MR) is 132 cm³/mol. The van der Waals surface area contributed by atoms with Crippen LogP contribution in [0.25, 0.3) is 0 Å². The summed E-state index contributed by atoms with van der Waals surface area (Å²) in [7, 11) is -2.54. The van der Waals surface area contributed by atoms with Crippen LogP contribution in [-0.2, 0) is 27.6 Å². The van der Waals surface area contributed by atoms with E-state index in [2.05, 4.69) is 10.6 Å². The first kappa shape index (κ1) is 25.2. The number of benzene rings is 2. The van der Waals surface area contributed by atoms with Crippen molar-refractivity contribution in [3.05, 3.63) is 82.7 Å². The lowest BCUT2D eigenvalue weighted by Crippen LogP contribution is -2.36. The number of carboxylic acid groups (broad SMARTS) is 1. The lowest BCUT2D eigenvalue weighted by atomic mass is 9.91. The van der Waals surface area contributed by atoms with Gasteiger partial charge in [0.15, 0.2) is 0 Å². The molecule has 36 heavy (non-hydrogen) atoms. The number of aromatic nitrogens is 1. The van der Waals surface area contributed by atoms with Crippen molar-refractivity contribution < 1.29 is 27.9 Å². The highest BCUT2D eigenvalue weighted by Gasteiger charge is 2.32. The van der Waals surface area contributed by atoms with Gasteiger partial charge in [0.25, 0.3) is 11.8 Å². The van der Waals surface area contributed by atoms with Gasteiger partial charge in [-0.05, 0) is 41.8 Å². The Kier molecular flexibility index (Phi) is 6.98. The van der Waals surface area contributed by atoms with Crippen LogP contribution >= 0.6 is 0 Å². The van der Waals surface area contributed by atoms with Crippen molar-refractivity contribution in [2.24, 2.45) is 0 Å². The first-order chi connectivity index (χ1) is 17.2. The van der Waals surface area contributed by atoms with Crippen molar-refractivity contribution in [3.8, 4) is 0 Å². The second-order valence-electron chi connectivity index (χ2n) is 8.65. The number of carbonyl (C=O) groups is 3. The molecular formula is C26H27N3O6S. The van der Waals surface area contributed by atoms with E-state index in [9.17, 15) is 27.9 Å². The van der Waals surface area contributed by atoms with Crippen molar-refractivity contribution in [2.45, 2.75) is 42.0 Å². The molecule has 4 rings (SSSR count). The number of fused-ring (bicyclic) bond motifs is 1. The molecule has 9 nitrogen and oxygen atoms in total. The summed E-state index contributed by atoms with van der Waals surface area (Å²) in [5, 5.41) is 14.8. The molecule has 3 aromatic rings. The SMILES string of the molecule is CCC1CNC(=O)c2c(Cc3ccc(C(=O)NC)cc3S(=O)(=O)c3ccccc3)cn(CC(=O)O)c21. The molecule has 1 aliphatic heterocycles. The van der Waals surface area contributed by atoms with Gasteiger partial charge in [-0.2, -0.15) is 0 Å². The van der Waals surface area contributed by atoms with Gasteiger partial charge in [0.2, 0.25) is 9.84 Å². The molecule has 1 atom stereocenters. The highest BCUT2D eigenvalue weighted by molar-refractivity contribution is 7.91. The number of nitrogens with zero attached hydrogens (tertiary/aromatic N) is 1. The minimum atomic E-state index is -4.00. The van der Waals surface area contributed by atoms with Gasteiger partial charge in [-0.15, -0.1) is 0 Å². The van der Waals surface area contributed by atoms with Gasteiger partial charge in [0, 0.05) is 43.4 Å². The van der Waals surface area contributed by atoms with Crippen molar-refractivity contribution in [3.63, 3.8) is 0 Å². The molecule has 1 aliphatic rings. The molecule has 2 heterocycles. The summed E-state index contributed by atoms with van der Waals surface area (Å²) in [5.41, 5.74) is 2.14. The number of rotatable bonds is 8. The monoisotopic (exact) mass is 509 g/mol. The molecule has 3 N–H and O–H groups in total. The number of sulfone groups is 1. The van der Waals surface area contributed by atoms with E-state index in [1.807, 2.05) is 6.92 Å².